The molecule has 0 aliphatic heterocycles. The molecule has 18 heavy (non-hydrogen) atoms. The highest BCUT2D eigenvalue weighted by atomic mass is 16.6. The highest BCUT2D eigenvalue weighted by Gasteiger charge is 2.26. The van der Waals surface area contributed by atoms with Crippen molar-refractivity contribution in [3.05, 3.63) is 0 Å². The third-order valence-corrected chi connectivity index (χ3v) is 2.68. The first-order valence-electron chi connectivity index (χ1n) is 6.37. The van der Waals surface area contributed by atoms with Crippen LogP contribution in [0.3, 0.4) is 0 Å². The lowest BCUT2D eigenvalue weighted by Crippen LogP contribution is -2.50. The second-order valence-corrected chi connectivity index (χ2v) is 5.68. The second-order valence-electron chi connectivity index (χ2n) is 5.68. The predicted molar refractivity (Wildman–Crippen MR) is 70.9 cm³/mol. The molecule has 0 aromatic rings. The number of hydrogen-bond acceptors (Lipinski definition) is 4. The molecule has 0 aliphatic rings. The van der Waals surface area contributed by atoms with Crippen LogP contribution in [-0.2, 0) is 14.3 Å². The number of esters is 1. The maximum Gasteiger partial charge on any atom is 0.328 e. The first kappa shape index (κ1) is 16.9. The van der Waals surface area contributed by atoms with Crippen molar-refractivity contribution in [3.8, 4) is 0 Å². The molecule has 0 heterocycles. The van der Waals surface area contributed by atoms with E-state index < -0.39 is 23.7 Å². The number of hydrogen-bond donors (Lipinski definition) is 2. The molecule has 5 heteroatoms. The van der Waals surface area contributed by atoms with Crippen molar-refractivity contribution in [1.29, 1.82) is 0 Å². The molecule has 0 rings (SSSR count). The number of carbonyl (C=O) groups is 2. The lowest BCUT2D eigenvalue weighted by molar-refractivity contribution is -0.158. The van der Waals surface area contributed by atoms with E-state index in [0.717, 1.165) is 6.42 Å². The van der Waals surface area contributed by atoms with Gasteiger partial charge < -0.3 is 15.8 Å². The number of nitrogens with one attached hydrogen (secondary N) is 1. The molecule has 1 unspecified atom stereocenters. The largest absolute Gasteiger partial charge is 0.458 e. The van der Waals surface area contributed by atoms with Gasteiger partial charge >= 0.3 is 5.97 Å². The third-order valence-electron chi connectivity index (χ3n) is 2.68. The molecule has 0 aromatic heterocycles. The fraction of sp³-hybridized carbons (Fsp3) is 0.846. The van der Waals surface area contributed by atoms with Gasteiger partial charge in [0, 0.05) is 0 Å². The molecule has 0 spiro atoms. The minimum Gasteiger partial charge on any atom is -0.458 e. The predicted octanol–water partition coefficient (Wildman–Crippen LogP) is 1.21. The van der Waals surface area contributed by atoms with Gasteiger partial charge in [0.2, 0.25) is 5.91 Å². The molecule has 0 bridgehead atoms. The van der Waals surface area contributed by atoms with Crippen molar-refractivity contribution in [2.24, 2.45) is 11.7 Å². The van der Waals surface area contributed by atoms with Gasteiger partial charge in [-0.3, -0.25) is 4.79 Å². The van der Waals surface area contributed by atoms with Crippen LogP contribution < -0.4 is 11.1 Å². The average molecular weight is 258 g/mol. The molecule has 0 aliphatic carbocycles. The molecule has 106 valence electrons. The molecule has 0 saturated heterocycles. The normalized spacial score (nSPS) is 16.6. The Balaban J connectivity index is 4.35. The summed E-state index contributed by atoms with van der Waals surface area (Å²) in [5.41, 5.74) is 5.22. The lowest BCUT2D eigenvalue weighted by atomic mass is 9.99. The summed E-state index contributed by atoms with van der Waals surface area (Å²) in [5.74, 6) is -0.689. The summed E-state index contributed by atoms with van der Waals surface area (Å²) in [7, 11) is 0. The Bertz CT molecular complexity index is 297. The maximum absolute atomic E-state index is 11.8. The van der Waals surface area contributed by atoms with Gasteiger partial charge in [0.15, 0.2) is 0 Å². The van der Waals surface area contributed by atoms with Crippen molar-refractivity contribution in [2.75, 3.05) is 0 Å². The lowest BCUT2D eigenvalue weighted by Gasteiger charge is -2.24. The van der Waals surface area contributed by atoms with E-state index in [1.54, 1.807) is 27.7 Å². The zero-order chi connectivity index (χ0) is 14.5. The molecule has 5 nitrogen and oxygen atoms in total. The van der Waals surface area contributed by atoms with Gasteiger partial charge in [-0.25, -0.2) is 4.79 Å². The van der Waals surface area contributed by atoms with Crippen molar-refractivity contribution < 1.29 is 14.3 Å². The quantitative estimate of drug-likeness (QED) is 0.726. The Hall–Kier alpha value is -1.10. The molecular formula is C13H26N2O3. The highest BCUT2D eigenvalue weighted by molar-refractivity contribution is 5.87. The van der Waals surface area contributed by atoms with Crippen LogP contribution in [0.1, 0.15) is 48.0 Å². The van der Waals surface area contributed by atoms with Crippen molar-refractivity contribution in [1.82, 2.24) is 5.32 Å². The number of nitrogens with two attached hydrogens (primary N) is 1. The van der Waals surface area contributed by atoms with Crippen LogP contribution in [0, 0.1) is 5.92 Å². The Morgan fingerprint density at radius 2 is 1.78 bits per heavy atom. The summed E-state index contributed by atoms with van der Waals surface area (Å²) in [4.78, 5) is 23.5. The fourth-order valence-corrected chi connectivity index (χ4v) is 1.27. The Morgan fingerprint density at radius 1 is 1.28 bits per heavy atom. The van der Waals surface area contributed by atoms with Gasteiger partial charge in [-0.1, -0.05) is 20.3 Å². The molecule has 3 N–H and O–H groups in total. The number of carbonyl (C=O) groups excluding carboxylic acids is 2. The summed E-state index contributed by atoms with van der Waals surface area (Å²) < 4.78 is 5.17. The average Bonchev–Trinajstić information content (AvgIpc) is 2.24. The standard InChI is InChI=1S/C13H26N2O3/c1-7-8(2)10(14)11(16)15-9(3)12(17)18-13(4,5)6/h8-10H,7,14H2,1-6H3,(H,15,16)/t8?,9-,10-/m0/s1. The van der Waals surface area contributed by atoms with E-state index in [1.165, 1.54) is 0 Å². The highest BCUT2D eigenvalue weighted by Crippen LogP contribution is 2.09. The van der Waals surface area contributed by atoms with E-state index in [0.29, 0.717) is 0 Å². The zero-order valence-electron chi connectivity index (χ0n) is 12.2. The van der Waals surface area contributed by atoms with Crippen molar-refractivity contribution in [2.45, 2.75) is 65.6 Å². The number of ether oxygens (including phenoxy) is 1. The van der Waals surface area contributed by atoms with E-state index in [-0.39, 0.29) is 11.8 Å². The van der Waals surface area contributed by atoms with Gasteiger partial charge in [0.05, 0.1) is 6.04 Å². The first-order valence-corrected chi connectivity index (χ1v) is 6.37. The van der Waals surface area contributed by atoms with E-state index in [4.69, 9.17) is 10.5 Å². The SMILES string of the molecule is CCC(C)[C@H](N)C(=O)N[C@@H](C)C(=O)OC(C)(C)C. The molecule has 0 aromatic carbocycles. The van der Waals surface area contributed by atoms with E-state index in [1.807, 2.05) is 13.8 Å². The Kier molecular flexibility index (Phi) is 6.32. The van der Waals surface area contributed by atoms with E-state index in [9.17, 15) is 9.59 Å². The molecule has 0 radical (unpaired) electrons. The Morgan fingerprint density at radius 3 is 2.17 bits per heavy atom. The van der Waals surface area contributed by atoms with Gasteiger partial charge in [-0.15, -0.1) is 0 Å². The second kappa shape index (κ2) is 6.73. The summed E-state index contributed by atoms with van der Waals surface area (Å²) in [6.45, 7) is 10.8. The minimum atomic E-state index is -0.688. The summed E-state index contributed by atoms with van der Waals surface area (Å²) in [6, 6.07) is -1.29. The molecule has 3 atom stereocenters. The van der Waals surface area contributed by atoms with Crippen molar-refractivity contribution >= 4 is 11.9 Å². The molecule has 0 saturated carbocycles. The molecule has 0 fully saturated rings. The van der Waals surface area contributed by atoms with Gasteiger partial charge in [-0.2, -0.15) is 0 Å². The summed E-state index contributed by atoms with van der Waals surface area (Å²) in [5, 5.41) is 2.58. The molecule has 1 amide bonds. The van der Waals surface area contributed by atoms with Crippen LogP contribution in [0.25, 0.3) is 0 Å². The van der Waals surface area contributed by atoms with Gasteiger partial charge in [-0.05, 0) is 33.6 Å². The van der Waals surface area contributed by atoms with Crippen LogP contribution in [-0.4, -0.2) is 29.6 Å². The van der Waals surface area contributed by atoms with Gasteiger partial charge in [0.1, 0.15) is 11.6 Å². The summed E-state index contributed by atoms with van der Waals surface area (Å²) in [6.07, 6.45) is 0.815. The van der Waals surface area contributed by atoms with Gasteiger partial charge in [0.25, 0.3) is 0 Å². The van der Waals surface area contributed by atoms with Crippen LogP contribution in [0.4, 0.5) is 0 Å². The smallest absolute Gasteiger partial charge is 0.328 e. The number of amides is 1. The maximum atomic E-state index is 11.8. The van der Waals surface area contributed by atoms with Crippen LogP contribution in [0.5, 0.6) is 0 Å². The zero-order valence-corrected chi connectivity index (χ0v) is 12.2. The first-order chi connectivity index (χ1) is 8.08. The fourth-order valence-electron chi connectivity index (χ4n) is 1.27. The topological polar surface area (TPSA) is 81.4 Å². The monoisotopic (exact) mass is 258 g/mol. The molecular weight excluding hydrogens is 232 g/mol. The Labute approximate surface area is 109 Å². The van der Waals surface area contributed by atoms with Crippen LogP contribution >= 0.6 is 0 Å². The van der Waals surface area contributed by atoms with E-state index in [2.05, 4.69) is 5.32 Å². The minimum absolute atomic E-state index is 0.0795. The summed E-state index contributed by atoms with van der Waals surface area (Å²) >= 11 is 0. The van der Waals surface area contributed by atoms with Crippen LogP contribution in [0.2, 0.25) is 0 Å². The van der Waals surface area contributed by atoms with E-state index >= 15 is 0 Å². The third kappa shape index (κ3) is 6.00. The van der Waals surface area contributed by atoms with Crippen molar-refractivity contribution in [3.63, 3.8) is 0 Å². The number of rotatable bonds is 5. The van der Waals surface area contributed by atoms with Crippen LogP contribution in [0.15, 0.2) is 0 Å².